The van der Waals surface area contributed by atoms with Crippen molar-refractivity contribution in [1.29, 1.82) is 0 Å². The van der Waals surface area contributed by atoms with Gasteiger partial charge in [0.05, 0.1) is 18.7 Å². The molecule has 0 bridgehead atoms. The number of nitrogens with one attached hydrogen (secondary N) is 3. The van der Waals surface area contributed by atoms with Crippen molar-refractivity contribution >= 4 is 18.3 Å². The lowest BCUT2D eigenvalue weighted by atomic mass is 10.0. The Morgan fingerprint density at radius 1 is 0.841 bits per heavy atom. The molecule has 3 atom stereocenters. The molecule has 0 spiro atoms. The molecule has 11 heteroatoms. The van der Waals surface area contributed by atoms with Gasteiger partial charge >= 0.3 is 18.3 Å². The van der Waals surface area contributed by atoms with Gasteiger partial charge < -0.3 is 39.6 Å². The van der Waals surface area contributed by atoms with Gasteiger partial charge in [0.1, 0.15) is 17.0 Å². The van der Waals surface area contributed by atoms with Crippen molar-refractivity contribution in [1.82, 2.24) is 16.0 Å². The number of amides is 2. The molecular formula is C33H45N3O8. The number of ether oxygens (including phenoxy) is 5. The topological polar surface area (TPSA) is 133 Å². The second-order valence-electron chi connectivity index (χ2n) is 13.3. The zero-order valence-corrected chi connectivity index (χ0v) is 26.7. The average Bonchev–Trinajstić information content (AvgIpc) is 3.62. The molecule has 2 aliphatic rings. The molecule has 240 valence electrons. The molecule has 3 N–H and O–H groups in total. The van der Waals surface area contributed by atoms with Crippen molar-refractivity contribution in [3.8, 4) is 5.75 Å². The maximum atomic E-state index is 13.0. The number of hydrogen-bond donors (Lipinski definition) is 3. The van der Waals surface area contributed by atoms with E-state index in [0.717, 1.165) is 35.3 Å². The first-order chi connectivity index (χ1) is 20.6. The van der Waals surface area contributed by atoms with Gasteiger partial charge in [-0.25, -0.2) is 14.4 Å². The largest absolute Gasteiger partial charge is 0.509 e. The lowest BCUT2D eigenvalue weighted by Crippen LogP contribution is -2.43. The van der Waals surface area contributed by atoms with Gasteiger partial charge in [-0.05, 0) is 89.6 Å². The Morgan fingerprint density at radius 2 is 1.45 bits per heavy atom. The molecule has 2 aromatic carbocycles. The highest BCUT2D eigenvalue weighted by atomic mass is 16.7. The third-order valence-corrected chi connectivity index (χ3v) is 7.27. The van der Waals surface area contributed by atoms with Crippen LogP contribution in [0.4, 0.5) is 14.4 Å². The first-order valence-corrected chi connectivity index (χ1v) is 15.0. The van der Waals surface area contributed by atoms with Crippen molar-refractivity contribution in [3.05, 3.63) is 65.2 Å². The Bertz CT molecular complexity index is 1290. The minimum Gasteiger partial charge on any atom is -0.497 e. The van der Waals surface area contributed by atoms with Crippen molar-refractivity contribution in [2.75, 3.05) is 13.7 Å². The third kappa shape index (κ3) is 9.51. The van der Waals surface area contributed by atoms with Gasteiger partial charge in [0.2, 0.25) is 0 Å². The summed E-state index contributed by atoms with van der Waals surface area (Å²) in [5.74, 6) is 0.742. The van der Waals surface area contributed by atoms with Crippen LogP contribution in [0.2, 0.25) is 0 Å². The number of rotatable bonds is 9. The van der Waals surface area contributed by atoms with Crippen molar-refractivity contribution < 1.29 is 38.1 Å². The van der Waals surface area contributed by atoms with Crippen LogP contribution in [0.1, 0.15) is 71.1 Å². The standard InChI is InChI=1S/C33H45N3O8/c1-31(2,3)43-29(38)36-33(16-17-33)23-12-8-22(9-13-23)19-35-28(37)42-27-25(18-21-10-14-24(40-7)15-11-21)34-20-26(27)41-30(39)44-32(4,5)6/h8-15,25-27,34H,16-20H2,1-7H3,(H,35,37)(H,36,38)/t25-,26?,27+/m1/s1. The predicted molar refractivity (Wildman–Crippen MR) is 163 cm³/mol. The SMILES string of the molecule is COc1ccc(C[C@H]2NCC(OC(=O)OC(C)(C)C)[C@H]2OC(=O)NCc2ccc(C3(NC(=O)OC(C)(C)C)CC3)cc2)cc1. The highest BCUT2D eigenvalue weighted by Gasteiger charge is 2.46. The summed E-state index contributed by atoms with van der Waals surface area (Å²) in [7, 11) is 1.61. The first-order valence-electron chi connectivity index (χ1n) is 15.0. The number of hydrogen-bond acceptors (Lipinski definition) is 9. The lowest BCUT2D eigenvalue weighted by molar-refractivity contribution is -0.0518. The van der Waals surface area contributed by atoms with Gasteiger partial charge in [-0.15, -0.1) is 0 Å². The molecule has 1 saturated carbocycles. The quantitative estimate of drug-likeness (QED) is 0.254. The lowest BCUT2D eigenvalue weighted by Gasteiger charge is -2.26. The smallest absolute Gasteiger partial charge is 0.497 e. The van der Waals surface area contributed by atoms with Crippen LogP contribution < -0.4 is 20.7 Å². The molecule has 1 aliphatic carbocycles. The number of methoxy groups -OCH3 is 1. The Hall–Kier alpha value is -3.99. The fourth-order valence-corrected chi connectivity index (χ4v) is 5.02. The van der Waals surface area contributed by atoms with E-state index in [9.17, 15) is 14.4 Å². The summed E-state index contributed by atoms with van der Waals surface area (Å²) in [6.07, 6.45) is -1.18. The van der Waals surface area contributed by atoms with Gasteiger partial charge in [-0.1, -0.05) is 36.4 Å². The Morgan fingerprint density at radius 3 is 2.02 bits per heavy atom. The minimum absolute atomic E-state index is 0.229. The van der Waals surface area contributed by atoms with E-state index < -0.39 is 47.3 Å². The highest BCUT2D eigenvalue weighted by Crippen LogP contribution is 2.45. The predicted octanol–water partition coefficient (Wildman–Crippen LogP) is 5.34. The van der Waals surface area contributed by atoms with Crippen LogP contribution >= 0.6 is 0 Å². The fourth-order valence-electron chi connectivity index (χ4n) is 5.02. The first kappa shape index (κ1) is 32.9. The molecule has 2 aromatic rings. The van der Waals surface area contributed by atoms with Crippen LogP contribution in [0, 0.1) is 0 Å². The van der Waals surface area contributed by atoms with E-state index >= 15 is 0 Å². The molecule has 2 amide bonds. The highest BCUT2D eigenvalue weighted by molar-refractivity contribution is 5.70. The molecule has 44 heavy (non-hydrogen) atoms. The summed E-state index contributed by atoms with van der Waals surface area (Å²) in [5, 5.41) is 9.13. The Kier molecular flexibility index (Phi) is 9.98. The van der Waals surface area contributed by atoms with E-state index in [1.54, 1.807) is 27.9 Å². The molecule has 1 heterocycles. The van der Waals surface area contributed by atoms with Crippen LogP contribution in [0.25, 0.3) is 0 Å². The maximum absolute atomic E-state index is 13.0. The molecule has 2 fully saturated rings. The van der Waals surface area contributed by atoms with E-state index in [2.05, 4.69) is 16.0 Å². The minimum atomic E-state index is -0.821. The molecule has 4 rings (SSSR count). The molecule has 0 aromatic heterocycles. The van der Waals surface area contributed by atoms with Crippen LogP contribution in [0.5, 0.6) is 5.75 Å². The Labute approximate surface area is 259 Å². The second-order valence-corrected chi connectivity index (χ2v) is 13.3. The van der Waals surface area contributed by atoms with Crippen LogP contribution in [-0.2, 0) is 37.5 Å². The van der Waals surface area contributed by atoms with Gasteiger partial charge in [-0.3, -0.25) is 0 Å². The second kappa shape index (κ2) is 13.3. The molecule has 0 radical (unpaired) electrons. The van der Waals surface area contributed by atoms with Crippen LogP contribution in [0.3, 0.4) is 0 Å². The van der Waals surface area contributed by atoms with E-state index in [4.69, 9.17) is 23.7 Å². The molecule has 1 saturated heterocycles. The zero-order valence-electron chi connectivity index (χ0n) is 26.7. The van der Waals surface area contributed by atoms with Crippen molar-refractivity contribution in [3.63, 3.8) is 0 Å². The summed E-state index contributed by atoms with van der Waals surface area (Å²) >= 11 is 0. The van der Waals surface area contributed by atoms with E-state index in [-0.39, 0.29) is 12.6 Å². The molecule has 1 unspecified atom stereocenters. The van der Waals surface area contributed by atoms with Crippen molar-refractivity contribution in [2.45, 2.75) is 102 Å². The summed E-state index contributed by atoms with van der Waals surface area (Å²) in [6, 6.07) is 15.0. The van der Waals surface area contributed by atoms with Crippen LogP contribution in [-0.4, -0.2) is 61.4 Å². The fraction of sp³-hybridized carbons (Fsp3) is 0.545. The van der Waals surface area contributed by atoms with Gasteiger partial charge in [0.25, 0.3) is 0 Å². The van der Waals surface area contributed by atoms with Crippen molar-refractivity contribution in [2.24, 2.45) is 0 Å². The average molecular weight is 612 g/mol. The molecule has 11 nitrogen and oxygen atoms in total. The number of carbonyl (C=O) groups excluding carboxylic acids is 3. The van der Waals surface area contributed by atoms with Gasteiger partial charge in [0.15, 0.2) is 12.2 Å². The normalized spacial score (nSPS) is 20.7. The summed E-state index contributed by atoms with van der Waals surface area (Å²) in [5.41, 5.74) is 1.13. The number of alkyl carbamates (subject to hydrolysis) is 2. The van der Waals surface area contributed by atoms with E-state index in [1.165, 1.54) is 0 Å². The summed E-state index contributed by atoms with van der Waals surface area (Å²) < 4.78 is 27.4. The Balaban J connectivity index is 1.36. The monoisotopic (exact) mass is 611 g/mol. The number of carbonyl (C=O) groups is 3. The molecule has 1 aliphatic heterocycles. The van der Waals surface area contributed by atoms with Crippen LogP contribution in [0.15, 0.2) is 48.5 Å². The molecular weight excluding hydrogens is 566 g/mol. The van der Waals surface area contributed by atoms with Gasteiger partial charge in [-0.2, -0.15) is 0 Å². The summed E-state index contributed by atoms with van der Waals surface area (Å²) in [4.78, 5) is 37.7. The summed E-state index contributed by atoms with van der Waals surface area (Å²) in [6.45, 7) is 11.3. The third-order valence-electron chi connectivity index (χ3n) is 7.27. The maximum Gasteiger partial charge on any atom is 0.509 e. The zero-order chi connectivity index (χ0) is 32.1. The number of benzene rings is 2. The van der Waals surface area contributed by atoms with E-state index in [0.29, 0.717) is 13.0 Å². The van der Waals surface area contributed by atoms with E-state index in [1.807, 2.05) is 69.3 Å². The van der Waals surface area contributed by atoms with Gasteiger partial charge in [0, 0.05) is 13.1 Å².